The Labute approximate surface area is 159 Å². The van der Waals surface area contributed by atoms with Gasteiger partial charge in [0, 0.05) is 23.5 Å². The van der Waals surface area contributed by atoms with E-state index >= 15 is 0 Å². The Balaban J connectivity index is 0.00000264. The van der Waals surface area contributed by atoms with Crippen LogP contribution < -0.4 is 15.4 Å². The molecule has 24 heavy (non-hydrogen) atoms. The van der Waals surface area contributed by atoms with Crippen LogP contribution in [0, 0.1) is 6.92 Å². The van der Waals surface area contributed by atoms with Crippen molar-refractivity contribution >= 4 is 42.1 Å². The number of thiazole rings is 1. The molecule has 0 fully saturated rings. The summed E-state index contributed by atoms with van der Waals surface area (Å²) in [6.07, 6.45) is 0. The maximum Gasteiger partial charge on any atom is 0.251 e. The molecule has 5 nitrogen and oxygen atoms in total. The van der Waals surface area contributed by atoms with Gasteiger partial charge in [-0.15, -0.1) is 36.2 Å². The molecule has 1 aromatic carbocycles. The summed E-state index contributed by atoms with van der Waals surface area (Å²) >= 11 is 1.60. The molecule has 1 amide bonds. The molecule has 0 aliphatic carbocycles. The summed E-state index contributed by atoms with van der Waals surface area (Å²) in [6, 6.07) is 7.42. The van der Waals surface area contributed by atoms with Crippen molar-refractivity contribution in [3.8, 4) is 5.75 Å². The molecule has 0 spiro atoms. The molecule has 1 unspecified atom stereocenters. The van der Waals surface area contributed by atoms with Crippen molar-refractivity contribution in [3.05, 3.63) is 45.9 Å². The average molecular weight is 392 g/mol. The Morgan fingerprint density at radius 1 is 1.38 bits per heavy atom. The van der Waals surface area contributed by atoms with Crippen molar-refractivity contribution in [2.24, 2.45) is 0 Å². The lowest BCUT2D eigenvalue weighted by atomic mass is 10.2. The fourth-order valence-corrected chi connectivity index (χ4v) is 2.41. The summed E-state index contributed by atoms with van der Waals surface area (Å²) in [5.41, 5.74) is 1.50. The van der Waals surface area contributed by atoms with Gasteiger partial charge in [-0.25, -0.2) is 4.98 Å². The molecule has 1 atom stereocenters. The van der Waals surface area contributed by atoms with E-state index < -0.39 is 0 Å². The monoisotopic (exact) mass is 391 g/mol. The van der Waals surface area contributed by atoms with Crippen molar-refractivity contribution in [3.63, 3.8) is 0 Å². The van der Waals surface area contributed by atoms with Gasteiger partial charge in [-0.3, -0.25) is 4.79 Å². The highest BCUT2D eigenvalue weighted by atomic mass is 35.5. The van der Waals surface area contributed by atoms with E-state index in [2.05, 4.69) is 15.6 Å². The van der Waals surface area contributed by atoms with E-state index in [9.17, 15) is 4.79 Å². The average Bonchev–Trinajstić information content (AvgIpc) is 2.96. The van der Waals surface area contributed by atoms with Crippen LogP contribution in [0.2, 0.25) is 0 Å². The molecule has 0 aliphatic rings. The van der Waals surface area contributed by atoms with E-state index in [1.807, 2.05) is 38.4 Å². The van der Waals surface area contributed by atoms with Crippen LogP contribution in [-0.2, 0) is 6.61 Å². The van der Waals surface area contributed by atoms with Crippen LogP contribution in [0.15, 0.2) is 29.6 Å². The maximum absolute atomic E-state index is 12.1. The summed E-state index contributed by atoms with van der Waals surface area (Å²) in [4.78, 5) is 16.4. The minimum atomic E-state index is -0.1000. The normalized spacial score (nSPS) is 11.0. The molecule has 2 aromatic rings. The molecule has 8 heteroatoms. The van der Waals surface area contributed by atoms with Crippen molar-refractivity contribution in [2.75, 3.05) is 13.6 Å². The number of rotatable bonds is 7. The fraction of sp³-hybridized carbons (Fsp3) is 0.375. The van der Waals surface area contributed by atoms with Gasteiger partial charge in [-0.05, 0) is 39.1 Å². The molecule has 0 bridgehead atoms. The zero-order valence-corrected chi connectivity index (χ0v) is 16.3. The van der Waals surface area contributed by atoms with E-state index in [0.29, 0.717) is 24.5 Å². The zero-order valence-electron chi connectivity index (χ0n) is 13.9. The Hall–Kier alpha value is -1.34. The standard InChI is InChI=1S/C16H21N3O2S.2ClH/c1-11(17-3)8-18-16(20)13-5-4-6-15(7-13)21-9-14-10-22-12(2)19-14;;/h4-7,10-11,17H,8-9H2,1-3H3,(H,18,20);2*1H. The highest BCUT2D eigenvalue weighted by Crippen LogP contribution is 2.16. The molecule has 0 saturated heterocycles. The van der Waals surface area contributed by atoms with Gasteiger partial charge in [0.15, 0.2) is 0 Å². The molecular weight excluding hydrogens is 369 g/mol. The second-order valence-corrected chi connectivity index (χ2v) is 6.14. The Morgan fingerprint density at radius 2 is 2.12 bits per heavy atom. The van der Waals surface area contributed by atoms with Gasteiger partial charge < -0.3 is 15.4 Å². The van der Waals surface area contributed by atoms with E-state index in [1.54, 1.807) is 23.5 Å². The predicted octanol–water partition coefficient (Wildman–Crippen LogP) is 3.21. The van der Waals surface area contributed by atoms with Gasteiger partial charge in [0.1, 0.15) is 12.4 Å². The molecule has 1 heterocycles. The van der Waals surface area contributed by atoms with Gasteiger partial charge >= 0.3 is 0 Å². The van der Waals surface area contributed by atoms with Gasteiger partial charge in [0.25, 0.3) is 5.91 Å². The van der Waals surface area contributed by atoms with Crippen molar-refractivity contribution in [1.82, 2.24) is 15.6 Å². The second-order valence-electron chi connectivity index (χ2n) is 5.07. The zero-order chi connectivity index (χ0) is 15.9. The predicted molar refractivity (Wildman–Crippen MR) is 103 cm³/mol. The minimum absolute atomic E-state index is 0. The number of benzene rings is 1. The van der Waals surface area contributed by atoms with Crippen molar-refractivity contribution in [2.45, 2.75) is 26.5 Å². The van der Waals surface area contributed by atoms with Crippen molar-refractivity contribution in [1.29, 1.82) is 0 Å². The van der Waals surface area contributed by atoms with Gasteiger partial charge in [0.2, 0.25) is 0 Å². The lowest BCUT2D eigenvalue weighted by molar-refractivity contribution is 0.0950. The van der Waals surface area contributed by atoms with Crippen LogP contribution in [0.4, 0.5) is 0 Å². The third-order valence-corrected chi connectivity index (χ3v) is 4.03. The Bertz CT molecular complexity index is 637. The summed E-state index contributed by atoms with van der Waals surface area (Å²) < 4.78 is 5.69. The number of hydrogen-bond donors (Lipinski definition) is 2. The summed E-state index contributed by atoms with van der Waals surface area (Å²) in [6.45, 7) is 4.96. The summed E-state index contributed by atoms with van der Waals surface area (Å²) in [5.74, 6) is 0.567. The topological polar surface area (TPSA) is 63.2 Å². The third-order valence-electron chi connectivity index (χ3n) is 3.21. The molecule has 0 saturated carbocycles. The number of halogens is 2. The van der Waals surface area contributed by atoms with Crippen molar-refractivity contribution < 1.29 is 9.53 Å². The lowest BCUT2D eigenvalue weighted by Gasteiger charge is -2.12. The first-order valence-corrected chi connectivity index (χ1v) is 8.06. The molecule has 134 valence electrons. The second kappa shape index (κ2) is 11.3. The van der Waals surface area contributed by atoms with Crippen LogP contribution in [0.3, 0.4) is 0 Å². The lowest BCUT2D eigenvalue weighted by Crippen LogP contribution is -2.37. The number of ether oxygens (including phenoxy) is 1. The number of carbonyl (C=O) groups excluding carboxylic acids is 1. The van der Waals surface area contributed by atoms with Gasteiger partial charge in [0.05, 0.1) is 10.7 Å². The third kappa shape index (κ3) is 7.05. The number of amides is 1. The van der Waals surface area contributed by atoms with E-state index in [0.717, 1.165) is 10.7 Å². The number of nitrogens with one attached hydrogen (secondary N) is 2. The number of aryl methyl sites for hydroxylation is 1. The SMILES string of the molecule is CNC(C)CNC(=O)c1cccc(OCc2csc(C)n2)c1.Cl.Cl. The first-order chi connectivity index (χ1) is 10.6. The maximum atomic E-state index is 12.1. The first kappa shape index (κ1) is 22.7. The molecule has 1 aromatic heterocycles. The summed E-state index contributed by atoms with van der Waals surface area (Å²) in [5, 5.41) is 8.96. The molecule has 2 rings (SSSR count). The summed E-state index contributed by atoms with van der Waals surface area (Å²) in [7, 11) is 1.87. The molecular formula is C16H23Cl2N3O2S. The van der Waals surface area contributed by atoms with Crippen LogP contribution in [0.1, 0.15) is 28.0 Å². The van der Waals surface area contributed by atoms with Gasteiger partial charge in [-0.2, -0.15) is 0 Å². The van der Waals surface area contributed by atoms with Crippen LogP contribution >= 0.6 is 36.2 Å². The van der Waals surface area contributed by atoms with Gasteiger partial charge in [-0.1, -0.05) is 6.07 Å². The molecule has 2 N–H and O–H groups in total. The Morgan fingerprint density at radius 3 is 2.75 bits per heavy atom. The highest BCUT2D eigenvalue weighted by molar-refractivity contribution is 7.09. The molecule has 0 aliphatic heterocycles. The van der Waals surface area contributed by atoms with E-state index in [1.165, 1.54) is 0 Å². The highest BCUT2D eigenvalue weighted by Gasteiger charge is 2.08. The van der Waals surface area contributed by atoms with E-state index in [4.69, 9.17) is 4.74 Å². The first-order valence-electron chi connectivity index (χ1n) is 7.18. The quantitative estimate of drug-likeness (QED) is 0.760. The van der Waals surface area contributed by atoms with Crippen LogP contribution in [0.5, 0.6) is 5.75 Å². The smallest absolute Gasteiger partial charge is 0.251 e. The number of likely N-dealkylation sites (N-methyl/N-ethyl adjacent to an activating group) is 1. The Kier molecular flexibility index (Phi) is 10.6. The number of carbonyl (C=O) groups is 1. The number of aromatic nitrogens is 1. The molecule has 0 radical (unpaired) electrons. The van der Waals surface area contributed by atoms with E-state index in [-0.39, 0.29) is 36.8 Å². The van der Waals surface area contributed by atoms with Crippen LogP contribution in [-0.4, -0.2) is 30.5 Å². The minimum Gasteiger partial charge on any atom is -0.487 e. The number of nitrogens with zero attached hydrogens (tertiary/aromatic N) is 1. The fourth-order valence-electron chi connectivity index (χ4n) is 1.81. The number of hydrogen-bond acceptors (Lipinski definition) is 5. The largest absolute Gasteiger partial charge is 0.487 e. The van der Waals surface area contributed by atoms with Crippen LogP contribution in [0.25, 0.3) is 0 Å².